The summed E-state index contributed by atoms with van der Waals surface area (Å²) in [6.45, 7) is 3.83. The van der Waals surface area contributed by atoms with E-state index in [1.807, 2.05) is 0 Å². The number of ether oxygens (including phenoxy) is 2. The van der Waals surface area contributed by atoms with Crippen LogP contribution in [0.3, 0.4) is 0 Å². The second-order valence-electron chi connectivity index (χ2n) is 18.7. The normalized spacial score (nSPS) is 20.4. The first kappa shape index (κ1) is 57.2. The van der Waals surface area contributed by atoms with E-state index in [4.69, 9.17) is 9.47 Å². The van der Waals surface area contributed by atoms with Crippen LogP contribution in [0.1, 0.15) is 264 Å². The molecule has 60 heavy (non-hydrogen) atoms. The summed E-state index contributed by atoms with van der Waals surface area (Å²) in [6, 6.07) is -0.710. The molecule has 358 valence electrons. The summed E-state index contributed by atoms with van der Waals surface area (Å²) in [5.74, 6) is -0.140. The highest BCUT2D eigenvalue weighted by atomic mass is 16.7. The van der Waals surface area contributed by atoms with Gasteiger partial charge in [-0.05, 0) is 12.8 Å². The number of aliphatic hydroxyl groups excluding tert-OH is 5. The highest BCUT2D eigenvalue weighted by Gasteiger charge is 2.44. The number of nitrogens with one attached hydrogen (secondary N) is 1. The number of aliphatic hydroxyl groups is 5. The molecular formula is C51H101NO8. The number of rotatable bonds is 45. The Morgan fingerprint density at radius 2 is 0.833 bits per heavy atom. The molecule has 9 nitrogen and oxygen atoms in total. The first-order valence-electron chi connectivity index (χ1n) is 26.2. The van der Waals surface area contributed by atoms with Crippen LogP contribution in [0.2, 0.25) is 0 Å². The standard InChI is InChI=1S/C51H101NO8/c1-3-5-7-9-11-13-14-15-16-17-18-19-20-21-22-23-24-25-26-27-28-29-30-31-33-35-37-39-41-47(55)52-44(45(54)40-38-36-34-32-12-10-8-6-4-2)43-59-51-50(58)49(57)48(56)46(42-53)60-51/h44-46,48-51,53-54,56-58H,3-43H2,1-2H3,(H,52,55)/t44-,45+,46+,48-,49?,50?,51+/m0/s1. The molecule has 0 saturated carbocycles. The lowest BCUT2D eigenvalue weighted by Gasteiger charge is -2.40. The van der Waals surface area contributed by atoms with Gasteiger partial charge in [-0.25, -0.2) is 0 Å². The van der Waals surface area contributed by atoms with E-state index in [-0.39, 0.29) is 12.5 Å². The molecule has 2 unspecified atom stereocenters. The number of amides is 1. The molecule has 1 aliphatic heterocycles. The zero-order chi connectivity index (χ0) is 43.7. The van der Waals surface area contributed by atoms with Gasteiger partial charge in [-0.15, -0.1) is 0 Å². The predicted molar refractivity (Wildman–Crippen MR) is 249 cm³/mol. The van der Waals surface area contributed by atoms with Gasteiger partial charge in [0, 0.05) is 6.42 Å². The molecular weight excluding hydrogens is 755 g/mol. The van der Waals surface area contributed by atoms with E-state index >= 15 is 0 Å². The van der Waals surface area contributed by atoms with Crippen molar-refractivity contribution in [1.29, 1.82) is 0 Å². The van der Waals surface area contributed by atoms with Crippen molar-refractivity contribution in [2.24, 2.45) is 0 Å². The Labute approximate surface area is 370 Å². The Morgan fingerprint density at radius 1 is 0.500 bits per heavy atom. The van der Waals surface area contributed by atoms with Gasteiger partial charge in [-0.2, -0.15) is 0 Å². The van der Waals surface area contributed by atoms with Crippen molar-refractivity contribution in [3.63, 3.8) is 0 Å². The molecule has 0 radical (unpaired) electrons. The monoisotopic (exact) mass is 856 g/mol. The van der Waals surface area contributed by atoms with Gasteiger partial charge in [0.1, 0.15) is 24.4 Å². The van der Waals surface area contributed by atoms with Crippen molar-refractivity contribution >= 4 is 5.91 Å². The van der Waals surface area contributed by atoms with Crippen molar-refractivity contribution in [1.82, 2.24) is 5.32 Å². The minimum Gasteiger partial charge on any atom is -0.394 e. The first-order chi connectivity index (χ1) is 29.3. The van der Waals surface area contributed by atoms with Crippen LogP contribution in [0, 0.1) is 0 Å². The van der Waals surface area contributed by atoms with E-state index in [2.05, 4.69) is 19.2 Å². The number of unbranched alkanes of at least 4 members (excludes halogenated alkanes) is 35. The van der Waals surface area contributed by atoms with Gasteiger partial charge < -0.3 is 40.3 Å². The van der Waals surface area contributed by atoms with Crippen LogP contribution < -0.4 is 5.32 Å². The molecule has 9 heteroatoms. The van der Waals surface area contributed by atoms with Gasteiger partial charge in [0.25, 0.3) is 0 Å². The number of carbonyl (C=O) groups excluding carboxylic acids is 1. The topological polar surface area (TPSA) is 149 Å². The molecule has 1 rings (SSSR count). The molecule has 1 saturated heterocycles. The Bertz CT molecular complexity index is 908. The van der Waals surface area contributed by atoms with Crippen molar-refractivity contribution in [3.8, 4) is 0 Å². The van der Waals surface area contributed by atoms with Gasteiger partial charge in [0.05, 0.1) is 25.4 Å². The highest BCUT2D eigenvalue weighted by molar-refractivity contribution is 5.76. The quantitative estimate of drug-likeness (QED) is 0.0332. The fourth-order valence-corrected chi connectivity index (χ4v) is 8.75. The maximum Gasteiger partial charge on any atom is 0.220 e. The highest BCUT2D eigenvalue weighted by Crippen LogP contribution is 2.23. The third kappa shape index (κ3) is 31.9. The predicted octanol–water partition coefficient (Wildman–Crippen LogP) is 11.9. The number of carbonyl (C=O) groups is 1. The van der Waals surface area contributed by atoms with Crippen LogP contribution in [0.4, 0.5) is 0 Å². The maximum atomic E-state index is 13.0. The molecule has 0 aliphatic carbocycles. The van der Waals surface area contributed by atoms with Crippen LogP contribution in [-0.4, -0.2) is 87.5 Å². The smallest absolute Gasteiger partial charge is 0.220 e. The van der Waals surface area contributed by atoms with Crippen LogP contribution in [-0.2, 0) is 14.3 Å². The lowest BCUT2D eigenvalue weighted by atomic mass is 9.99. The minimum absolute atomic E-state index is 0.132. The third-order valence-electron chi connectivity index (χ3n) is 13.0. The fourth-order valence-electron chi connectivity index (χ4n) is 8.75. The van der Waals surface area contributed by atoms with Crippen LogP contribution in [0.25, 0.3) is 0 Å². The van der Waals surface area contributed by atoms with Gasteiger partial charge in [-0.3, -0.25) is 4.79 Å². The molecule has 0 aromatic rings. The zero-order valence-corrected chi connectivity index (χ0v) is 39.5. The lowest BCUT2D eigenvalue weighted by Crippen LogP contribution is -2.60. The van der Waals surface area contributed by atoms with E-state index in [0.29, 0.717) is 12.8 Å². The van der Waals surface area contributed by atoms with Crippen LogP contribution >= 0.6 is 0 Å². The molecule has 1 amide bonds. The minimum atomic E-state index is -1.55. The molecule has 0 aromatic carbocycles. The Hall–Kier alpha value is -0.810. The number of hydrogen-bond acceptors (Lipinski definition) is 8. The summed E-state index contributed by atoms with van der Waals surface area (Å²) < 4.78 is 11.2. The summed E-state index contributed by atoms with van der Waals surface area (Å²) in [4.78, 5) is 13.0. The lowest BCUT2D eigenvalue weighted by molar-refractivity contribution is -0.302. The summed E-state index contributed by atoms with van der Waals surface area (Å²) in [7, 11) is 0. The van der Waals surface area contributed by atoms with E-state index in [9.17, 15) is 30.3 Å². The fraction of sp³-hybridized carbons (Fsp3) is 0.980. The maximum absolute atomic E-state index is 13.0. The first-order valence-corrected chi connectivity index (χ1v) is 26.2. The Kier molecular flexibility index (Phi) is 40.2. The third-order valence-corrected chi connectivity index (χ3v) is 13.0. The molecule has 0 spiro atoms. The van der Waals surface area contributed by atoms with E-state index < -0.39 is 49.5 Å². The van der Waals surface area contributed by atoms with Crippen LogP contribution in [0.15, 0.2) is 0 Å². The van der Waals surface area contributed by atoms with Gasteiger partial charge in [0.15, 0.2) is 6.29 Å². The average Bonchev–Trinajstić information content (AvgIpc) is 3.25. The second-order valence-corrected chi connectivity index (χ2v) is 18.7. The van der Waals surface area contributed by atoms with Crippen molar-refractivity contribution < 1.29 is 39.8 Å². The van der Waals surface area contributed by atoms with Crippen LogP contribution in [0.5, 0.6) is 0 Å². The Balaban J connectivity index is 2.10. The Morgan fingerprint density at radius 3 is 1.18 bits per heavy atom. The molecule has 6 N–H and O–H groups in total. The summed E-state index contributed by atoms with van der Waals surface area (Å²) in [6.07, 6.45) is 41.5. The van der Waals surface area contributed by atoms with Gasteiger partial charge in [-0.1, -0.05) is 245 Å². The van der Waals surface area contributed by atoms with Crippen molar-refractivity contribution in [2.45, 2.75) is 307 Å². The van der Waals surface area contributed by atoms with Gasteiger partial charge >= 0.3 is 0 Å². The molecule has 0 aromatic heterocycles. The molecule has 1 aliphatic rings. The zero-order valence-electron chi connectivity index (χ0n) is 39.5. The largest absolute Gasteiger partial charge is 0.394 e. The molecule has 7 atom stereocenters. The summed E-state index contributed by atoms with van der Waals surface area (Å²) >= 11 is 0. The van der Waals surface area contributed by atoms with Crippen molar-refractivity contribution in [3.05, 3.63) is 0 Å². The summed E-state index contributed by atoms with van der Waals surface area (Å²) in [5, 5.41) is 54.3. The van der Waals surface area contributed by atoms with E-state index in [0.717, 1.165) is 38.5 Å². The SMILES string of the molecule is CCCCCCCCCCCCCCCCCCCCCCCCCCCCCCC(=O)N[C@@H](CO[C@@H]1O[C@H](CO)[C@H](O)C(O)C1O)[C@H](O)CCCCCCCCCCC. The second kappa shape index (κ2) is 42.2. The molecule has 0 bridgehead atoms. The van der Waals surface area contributed by atoms with E-state index in [1.54, 1.807) is 0 Å². The molecule has 1 fully saturated rings. The van der Waals surface area contributed by atoms with Gasteiger partial charge in [0.2, 0.25) is 5.91 Å². The average molecular weight is 856 g/mol. The number of hydrogen-bond donors (Lipinski definition) is 6. The van der Waals surface area contributed by atoms with E-state index in [1.165, 1.54) is 199 Å². The molecule has 1 heterocycles. The summed E-state index contributed by atoms with van der Waals surface area (Å²) in [5.41, 5.74) is 0. The van der Waals surface area contributed by atoms with Crippen molar-refractivity contribution in [2.75, 3.05) is 13.2 Å².